The van der Waals surface area contributed by atoms with E-state index in [0.717, 1.165) is 29.5 Å². The number of carbonyl (C=O) groups excluding carboxylic acids is 1. The fourth-order valence-electron chi connectivity index (χ4n) is 1.63. The molecule has 1 N–H and O–H groups in total. The molecule has 0 aromatic carbocycles. The molecule has 1 amide bonds. The predicted octanol–water partition coefficient (Wildman–Crippen LogP) is 2.48. The number of aryl methyl sites for hydroxylation is 1. The topological polar surface area (TPSA) is 45.2 Å². The van der Waals surface area contributed by atoms with Crippen molar-refractivity contribution >= 4 is 34.3 Å². The van der Waals surface area contributed by atoms with Crippen LogP contribution in [0.3, 0.4) is 0 Å². The van der Waals surface area contributed by atoms with Gasteiger partial charge in [-0.3, -0.25) is 9.69 Å². The molecule has 0 saturated heterocycles. The molecule has 0 aliphatic heterocycles. The van der Waals surface area contributed by atoms with Gasteiger partial charge in [0.1, 0.15) is 5.82 Å². The predicted molar refractivity (Wildman–Crippen MR) is 83.2 cm³/mol. The number of anilines is 1. The normalized spacial score (nSPS) is 10.7. The Bertz CT molecular complexity index is 361. The van der Waals surface area contributed by atoms with Crippen LogP contribution in [0.5, 0.6) is 0 Å². The monoisotopic (exact) mass is 361 g/mol. The fraction of sp³-hybridized carbons (Fsp3) is 0.538. The minimum Gasteiger partial charge on any atom is -0.310 e. The zero-order valence-corrected chi connectivity index (χ0v) is 13.1. The third-order valence-corrected chi connectivity index (χ3v) is 2.97. The summed E-state index contributed by atoms with van der Waals surface area (Å²) < 4.78 is 1.04. The van der Waals surface area contributed by atoms with Gasteiger partial charge in [0.05, 0.1) is 6.54 Å². The van der Waals surface area contributed by atoms with Crippen LogP contribution in [0.4, 0.5) is 5.82 Å². The summed E-state index contributed by atoms with van der Waals surface area (Å²) in [7, 11) is 0. The molecule has 0 aliphatic carbocycles. The number of hydrogen-bond donors (Lipinski definition) is 1. The van der Waals surface area contributed by atoms with Crippen LogP contribution in [0.15, 0.2) is 18.3 Å². The van der Waals surface area contributed by atoms with E-state index in [0.29, 0.717) is 12.4 Å². The van der Waals surface area contributed by atoms with Crippen LogP contribution >= 0.6 is 22.6 Å². The molecular weight excluding hydrogens is 341 g/mol. The van der Waals surface area contributed by atoms with Gasteiger partial charge in [0, 0.05) is 17.2 Å². The highest BCUT2D eigenvalue weighted by atomic mass is 127. The number of rotatable bonds is 7. The lowest BCUT2D eigenvalue weighted by Gasteiger charge is -2.19. The Hall–Kier alpha value is -0.690. The molecule has 1 aromatic rings. The summed E-state index contributed by atoms with van der Waals surface area (Å²) in [4.78, 5) is 18.2. The maximum absolute atomic E-state index is 11.9. The van der Waals surface area contributed by atoms with Crippen LogP contribution < -0.4 is 5.32 Å². The largest absolute Gasteiger partial charge is 0.310 e. The molecule has 5 heteroatoms. The molecule has 0 unspecified atom stereocenters. The average Bonchev–Trinajstić information content (AvgIpc) is 2.33. The number of aromatic nitrogens is 1. The maximum atomic E-state index is 11.9. The van der Waals surface area contributed by atoms with Gasteiger partial charge >= 0.3 is 0 Å². The first-order valence-corrected chi connectivity index (χ1v) is 7.69. The fourth-order valence-corrected chi connectivity index (χ4v) is 2.32. The lowest BCUT2D eigenvalue weighted by atomic mass is 10.3. The van der Waals surface area contributed by atoms with Gasteiger partial charge in [-0.25, -0.2) is 4.98 Å². The first-order valence-electron chi connectivity index (χ1n) is 6.16. The first-order chi connectivity index (χ1) is 8.65. The number of nitrogens with zero attached hydrogens (tertiary/aromatic N) is 2. The molecule has 0 fully saturated rings. The molecule has 0 aliphatic rings. The molecule has 0 bridgehead atoms. The van der Waals surface area contributed by atoms with E-state index in [9.17, 15) is 4.79 Å². The van der Waals surface area contributed by atoms with Gasteiger partial charge in [-0.1, -0.05) is 35.6 Å². The van der Waals surface area contributed by atoms with E-state index >= 15 is 0 Å². The van der Waals surface area contributed by atoms with E-state index in [-0.39, 0.29) is 5.91 Å². The Morgan fingerprint density at radius 1 is 1.44 bits per heavy atom. The van der Waals surface area contributed by atoms with Gasteiger partial charge in [0.2, 0.25) is 5.91 Å². The number of alkyl halides is 1. The Kier molecular flexibility index (Phi) is 7.19. The van der Waals surface area contributed by atoms with E-state index in [1.165, 1.54) is 0 Å². The summed E-state index contributed by atoms with van der Waals surface area (Å²) in [5, 5.41) is 2.82. The van der Waals surface area contributed by atoms with E-state index in [1.54, 1.807) is 6.20 Å². The maximum Gasteiger partial charge on any atom is 0.239 e. The standard InChI is InChI=1S/C13H20IN3O/c1-3-7-17(8-6-14)10-13(18)16-12-5-4-11(2)9-15-12/h4-5,9H,3,6-8,10H2,1-2H3,(H,15,16,18). The lowest BCUT2D eigenvalue weighted by molar-refractivity contribution is -0.117. The lowest BCUT2D eigenvalue weighted by Crippen LogP contribution is -2.35. The number of nitrogens with one attached hydrogen (secondary N) is 1. The number of pyridine rings is 1. The van der Waals surface area contributed by atoms with Crippen molar-refractivity contribution in [2.75, 3.05) is 29.4 Å². The van der Waals surface area contributed by atoms with Crippen molar-refractivity contribution in [2.45, 2.75) is 20.3 Å². The quantitative estimate of drug-likeness (QED) is 0.600. The molecule has 1 rings (SSSR count). The Morgan fingerprint density at radius 2 is 2.22 bits per heavy atom. The van der Waals surface area contributed by atoms with Gasteiger partial charge in [0.25, 0.3) is 0 Å². The molecular formula is C13H20IN3O. The molecule has 0 spiro atoms. The van der Waals surface area contributed by atoms with Crippen molar-refractivity contribution in [1.82, 2.24) is 9.88 Å². The van der Waals surface area contributed by atoms with Gasteiger partial charge in [-0.15, -0.1) is 0 Å². The summed E-state index contributed by atoms with van der Waals surface area (Å²) in [6, 6.07) is 3.77. The van der Waals surface area contributed by atoms with Crippen LogP contribution in [-0.2, 0) is 4.79 Å². The average molecular weight is 361 g/mol. The highest BCUT2D eigenvalue weighted by Crippen LogP contribution is 2.04. The summed E-state index contributed by atoms with van der Waals surface area (Å²) >= 11 is 2.33. The number of amides is 1. The van der Waals surface area contributed by atoms with Gasteiger partial charge in [0.15, 0.2) is 0 Å². The summed E-state index contributed by atoms with van der Waals surface area (Å²) in [5.41, 5.74) is 1.09. The van der Waals surface area contributed by atoms with Gasteiger partial charge < -0.3 is 5.32 Å². The molecule has 1 aromatic heterocycles. The van der Waals surface area contributed by atoms with Crippen LogP contribution in [0.25, 0.3) is 0 Å². The summed E-state index contributed by atoms with van der Waals surface area (Å²) in [6.45, 7) is 6.44. The molecule has 0 atom stereocenters. The molecule has 18 heavy (non-hydrogen) atoms. The third-order valence-electron chi connectivity index (χ3n) is 2.49. The first kappa shape index (κ1) is 15.4. The van der Waals surface area contributed by atoms with Crippen molar-refractivity contribution in [3.05, 3.63) is 23.9 Å². The van der Waals surface area contributed by atoms with Crippen molar-refractivity contribution < 1.29 is 4.79 Å². The smallest absolute Gasteiger partial charge is 0.239 e. The second-order valence-corrected chi connectivity index (χ2v) is 5.31. The van der Waals surface area contributed by atoms with Gasteiger partial charge in [-0.2, -0.15) is 0 Å². The Balaban J connectivity index is 2.46. The van der Waals surface area contributed by atoms with Crippen LogP contribution in [0.1, 0.15) is 18.9 Å². The zero-order chi connectivity index (χ0) is 13.4. The van der Waals surface area contributed by atoms with Crippen molar-refractivity contribution in [2.24, 2.45) is 0 Å². The van der Waals surface area contributed by atoms with Crippen LogP contribution in [-0.4, -0.2) is 39.9 Å². The second kappa shape index (κ2) is 8.42. The second-order valence-electron chi connectivity index (χ2n) is 4.23. The summed E-state index contributed by atoms with van der Waals surface area (Å²) in [5.74, 6) is 0.626. The van der Waals surface area contributed by atoms with Crippen LogP contribution in [0, 0.1) is 6.92 Å². The minimum atomic E-state index is 0.00431. The number of halogens is 1. The van der Waals surface area contributed by atoms with E-state index < -0.39 is 0 Å². The molecule has 100 valence electrons. The molecule has 0 radical (unpaired) electrons. The van der Waals surface area contributed by atoms with Gasteiger partial charge in [-0.05, 0) is 31.5 Å². The molecule has 4 nitrogen and oxygen atoms in total. The highest BCUT2D eigenvalue weighted by Gasteiger charge is 2.09. The Labute approximate surface area is 122 Å². The highest BCUT2D eigenvalue weighted by molar-refractivity contribution is 14.1. The number of hydrogen-bond acceptors (Lipinski definition) is 3. The number of carbonyl (C=O) groups is 1. The summed E-state index contributed by atoms with van der Waals surface area (Å²) in [6.07, 6.45) is 2.82. The third kappa shape index (κ3) is 5.77. The Morgan fingerprint density at radius 3 is 2.78 bits per heavy atom. The van der Waals surface area contributed by atoms with Crippen LogP contribution in [0.2, 0.25) is 0 Å². The zero-order valence-electron chi connectivity index (χ0n) is 10.9. The van der Waals surface area contributed by atoms with Crippen molar-refractivity contribution in [3.8, 4) is 0 Å². The molecule has 1 heterocycles. The van der Waals surface area contributed by atoms with E-state index in [2.05, 4.69) is 44.7 Å². The van der Waals surface area contributed by atoms with Crippen molar-refractivity contribution in [1.29, 1.82) is 0 Å². The SMILES string of the molecule is CCCN(CCI)CC(=O)Nc1ccc(C)cn1. The van der Waals surface area contributed by atoms with E-state index in [4.69, 9.17) is 0 Å². The van der Waals surface area contributed by atoms with E-state index in [1.807, 2.05) is 19.1 Å². The molecule has 0 saturated carbocycles. The van der Waals surface area contributed by atoms with Crippen molar-refractivity contribution in [3.63, 3.8) is 0 Å². The minimum absolute atomic E-state index is 0.00431.